The Morgan fingerprint density at radius 3 is 2.16 bits per heavy atom. The molecule has 9 nitrogen and oxygen atoms in total. The highest BCUT2D eigenvalue weighted by Gasteiger charge is 2.49. The first-order valence-corrected chi connectivity index (χ1v) is 12.4. The maximum Gasteiger partial charge on any atom is 0.247 e. The predicted molar refractivity (Wildman–Crippen MR) is 115 cm³/mol. The number of carbonyl (C=O) groups excluding carboxylic acids is 1. The number of anilines is 1. The van der Waals surface area contributed by atoms with Crippen LogP contribution in [0.5, 0.6) is 11.5 Å². The molecular formula is C20H24N2O7S2. The molecule has 1 N–H and O–H groups in total. The van der Waals surface area contributed by atoms with Crippen LogP contribution in [-0.4, -0.2) is 42.7 Å². The van der Waals surface area contributed by atoms with E-state index >= 15 is 0 Å². The lowest BCUT2D eigenvalue weighted by atomic mass is 9.95. The number of sulfonamides is 2. The Morgan fingerprint density at radius 2 is 1.65 bits per heavy atom. The zero-order valence-corrected chi connectivity index (χ0v) is 19.2. The zero-order chi connectivity index (χ0) is 23.0. The Hall–Kier alpha value is -2.63. The zero-order valence-electron chi connectivity index (χ0n) is 17.6. The molecule has 3 rings (SSSR count). The smallest absolute Gasteiger partial charge is 0.247 e. The van der Waals surface area contributed by atoms with Crippen molar-refractivity contribution in [1.82, 2.24) is 4.72 Å². The Kier molecular flexibility index (Phi) is 6.05. The van der Waals surface area contributed by atoms with Crippen molar-refractivity contribution in [2.45, 2.75) is 25.3 Å². The minimum Gasteiger partial charge on any atom is -0.493 e. The van der Waals surface area contributed by atoms with Crippen molar-refractivity contribution in [1.29, 1.82) is 0 Å². The summed E-state index contributed by atoms with van der Waals surface area (Å²) in [5.41, 5.74) is -0.270. The van der Waals surface area contributed by atoms with E-state index in [2.05, 4.69) is 4.72 Å². The molecule has 0 bridgehead atoms. The largest absolute Gasteiger partial charge is 0.493 e. The number of hydrogen-bond donors (Lipinski definition) is 1. The quantitative estimate of drug-likeness (QED) is 0.659. The molecule has 0 spiro atoms. The first-order valence-electron chi connectivity index (χ1n) is 9.29. The normalized spacial score (nSPS) is 17.5. The molecule has 168 valence electrons. The van der Waals surface area contributed by atoms with Crippen LogP contribution in [0.4, 0.5) is 5.69 Å². The molecule has 1 aliphatic heterocycles. The van der Waals surface area contributed by atoms with Gasteiger partial charge in [0.25, 0.3) is 0 Å². The van der Waals surface area contributed by atoms with Gasteiger partial charge in [-0.2, -0.15) is 0 Å². The summed E-state index contributed by atoms with van der Waals surface area (Å²) in [4.78, 5) is 12.4. The molecule has 0 aliphatic carbocycles. The topological polar surface area (TPSA) is 119 Å². The summed E-state index contributed by atoms with van der Waals surface area (Å²) < 4.78 is 63.6. The highest BCUT2D eigenvalue weighted by Crippen LogP contribution is 2.36. The molecule has 1 amide bonds. The lowest BCUT2D eigenvalue weighted by Gasteiger charge is -2.17. The van der Waals surface area contributed by atoms with E-state index < -0.39 is 31.4 Å². The molecule has 1 saturated heterocycles. The molecule has 0 aromatic heterocycles. The van der Waals surface area contributed by atoms with E-state index in [0.717, 1.165) is 4.31 Å². The lowest BCUT2D eigenvalue weighted by molar-refractivity contribution is -0.123. The van der Waals surface area contributed by atoms with Crippen LogP contribution in [0.2, 0.25) is 0 Å². The van der Waals surface area contributed by atoms with Gasteiger partial charge in [-0.15, -0.1) is 0 Å². The first-order chi connectivity index (χ1) is 14.4. The number of benzene rings is 2. The van der Waals surface area contributed by atoms with E-state index in [4.69, 9.17) is 9.47 Å². The fourth-order valence-electron chi connectivity index (χ4n) is 3.27. The van der Waals surface area contributed by atoms with E-state index in [0.29, 0.717) is 17.1 Å². The van der Waals surface area contributed by atoms with Crippen LogP contribution in [0.3, 0.4) is 0 Å². The highest BCUT2D eigenvalue weighted by molar-refractivity contribution is 7.94. The second-order valence-corrected chi connectivity index (χ2v) is 11.3. The number of nitrogens with zero attached hydrogens (tertiary/aromatic N) is 1. The third-order valence-corrected chi connectivity index (χ3v) is 8.32. The van der Waals surface area contributed by atoms with Gasteiger partial charge < -0.3 is 9.47 Å². The lowest BCUT2D eigenvalue weighted by Crippen LogP contribution is -2.33. The number of nitrogens with one attached hydrogen (secondary N) is 1. The Morgan fingerprint density at radius 1 is 1.03 bits per heavy atom. The highest BCUT2D eigenvalue weighted by atomic mass is 32.2. The fourth-order valence-corrected chi connectivity index (χ4v) is 6.40. The molecule has 11 heteroatoms. The van der Waals surface area contributed by atoms with Gasteiger partial charge in [0.05, 0.1) is 36.0 Å². The average Bonchev–Trinajstić information content (AvgIpc) is 2.88. The molecule has 0 saturated carbocycles. The average molecular weight is 469 g/mol. The van der Waals surface area contributed by atoms with E-state index in [-0.39, 0.29) is 22.9 Å². The minimum atomic E-state index is -3.87. The fraction of sp³-hybridized carbons (Fsp3) is 0.350. The van der Waals surface area contributed by atoms with Crippen LogP contribution in [0.15, 0.2) is 47.4 Å². The Bertz CT molecular complexity index is 1200. The van der Waals surface area contributed by atoms with Crippen molar-refractivity contribution in [3.05, 3.63) is 48.0 Å². The number of carbonyl (C=O) groups is 1. The maximum absolute atomic E-state index is 12.6. The Labute approximate surface area is 182 Å². The SMILES string of the molecule is COc1ccc(CNS(=O)(=O)c2ccc(N3C(=O)C(C)(C)CS3(=O)=O)cc2)cc1OC. The Balaban J connectivity index is 1.78. The van der Waals surface area contributed by atoms with E-state index in [1.165, 1.54) is 38.5 Å². The molecule has 1 heterocycles. The van der Waals surface area contributed by atoms with Gasteiger partial charge in [-0.1, -0.05) is 6.07 Å². The van der Waals surface area contributed by atoms with Crippen LogP contribution >= 0.6 is 0 Å². The van der Waals surface area contributed by atoms with Crippen LogP contribution in [-0.2, 0) is 31.4 Å². The monoisotopic (exact) mass is 468 g/mol. The molecule has 0 radical (unpaired) electrons. The van der Waals surface area contributed by atoms with Crippen molar-refractivity contribution < 1.29 is 31.1 Å². The van der Waals surface area contributed by atoms with Gasteiger partial charge in [0, 0.05) is 6.54 Å². The van der Waals surface area contributed by atoms with Crippen LogP contribution in [0.1, 0.15) is 19.4 Å². The first kappa shape index (κ1) is 23.0. The van der Waals surface area contributed by atoms with Gasteiger partial charge in [0.2, 0.25) is 26.0 Å². The van der Waals surface area contributed by atoms with E-state index in [1.54, 1.807) is 32.0 Å². The van der Waals surface area contributed by atoms with Crippen molar-refractivity contribution in [2.75, 3.05) is 24.3 Å². The summed E-state index contributed by atoms with van der Waals surface area (Å²) in [6, 6.07) is 10.2. The second-order valence-electron chi connectivity index (χ2n) is 7.72. The van der Waals surface area contributed by atoms with Gasteiger partial charge in [0.15, 0.2) is 11.5 Å². The van der Waals surface area contributed by atoms with Gasteiger partial charge in [-0.05, 0) is 55.8 Å². The molecular weight excluding hydrogens is 444 g/mol. The predicted octanol–water partition coefficient (Wildman–Crippen LogP) is 1.88. The number of rotatable bonds is 7. The van der Waals surface area contributed by atoms with Crippen LogP contribution < -0.4 is 18.5 Å². The van der Waals surface area contributed by atoms with E-state index in [1.807, 2.05) is 0 Å². The summed E-state index contributed by atoms with van der Waals surface area (Å²) in [6.45, 7) is 3.13. The standard InChI is InChI=1S/C20H24N2O7S2/c1-20(2)13-30(24,25)22(19(20)23)15-6-8-16(9-7-15)31(26,27)21-12-14-5-10-17(28-3)18(11-14)29-4/h5-11,21H,12-13H2,1-4H3. The third kappa shape index (κ3) is 4.53. The van der Waals surface area contributed by atoms with Gasteiger partial charge in [-0.25, -0.2) is 25.9 Å². The summed E-state index contributed by atoms with van der Waals surface area (Å²) in [7, 11) is -4.69. The number of hydrogen-bond acceptors (Lipinski definition) is 7. The molecule has 1 aliphatic rings. The molecule has 2 aromatic carbocycles. The molecule has 2 aromatic rings. The second kappa shape index (κ2) is 8.13. The molecule has 31 heavy (non-hydrogen) atoms. The summed E-state index contributed by atoms with van der Waals surface area (Å²) >= 11 is 0. The number of amides is 1. The number of methoxy groups -OCH3 is 2. The number of ether oxygens (including phenoxy) is 2. The van der Waals surface area contributed by atoms with Crippen molar-refractivity contribution in [3.8, 4) is 11.5 Å². The molecule has 1 fully saturated rings. The molecule has 0 unspecified atom stereocenters. The van der Waals surface area contributed by atoms with Crippen LogP contribution in [0, 0.1) is 5.41 Å². The van der Waals surface area contributed by atoms with Gasteiger partial charge in [-0.3, -0.25) is 4.79 Å². The summed E-state index contributed by atoms with van der Waals surface area (Å²) in [5.74, 6) is 0.156. The molecule has 0 atom stereocenters. The minimum absolute atomic E-state index is 0.0115. The van der Waals surface area contributed by atoms with Crippen molar-refractivity contribution in [2.24, 2.45) is 5.41 Å². The summed E-state index contributed by atoms with van der Waals surface area (Å²) in [5, 5.41) is 0. The maximum atomic E-state index is 12.6. The van der Waals surface area contributed by atoms with E-state index in [9.17, 15) is 21.6 Å². The van der Waals surface area contributed by atoms with Crippen LogP contribution in [0.25, 0.3) is 0 Å². The van der Waals surface area contributed by atoms with Gasteiger partial charge >= 0.3 is 0 Å². The van der Waals surface area contributed by atoms with Crippen molar-refractivity contribution in [3.63, 3.8) is 0 Å². The summed E-state index contributed by atoms with van der Waals surface area (Å²) in [6.07, 6.45) is 0. The van der Waals surface area contributed by atoms with Crippen molar-refractivity contribution >= 4 is 31.6 Å². The third-order valence-electron chi connectivity index (χ3n) is 4.88. The van der Waals surface area contributed by atoms with Gasteiger partial charge in [0.1, 0.15) is 0 Å².